The molecule has 0 atom stereocenters. The van der Waals surface area contributed by atoms with Crippen LogP contribution in [0.1, 0.15) is 28.7 Å². The van der Waals surface area contributed by atoms with E-state index in [1.807, 2.05) is 24.5 Å². The molecular weight excluding hydrogens is 422 g/mol. The summed E-state index contributed by atoms with van der Waals surface area (Å²) in [6, 6.07) is 13.0. The molecule has 0 saturated heterocycles. The molecule has 3 aromatic rings. The Kier molecular flexibility index (Phi) is 6.68. The Hall–Kier alpha value is -2.98. The highest BCUT2D eigenvalue weighted by atomic mass is 32.2. The van der Waals surface area contributed by atoms with E-state index in [1.165, 1.54) is 12.1 Å². The summed E-state index contributed by atoms with van der Waals surface area (Å²) in [4.78, 5) is 12.5. The summed E-state index contributed by atoms with van der Waals surface area (Å²) in [5.41, 5.74) is 1.67. The van der Waals surface area contributed by atoms with E-state index in [-0.39, 0.29) is 16.4 Å². The third kappa shape index (κ3) is 5.14. The van der Waals surface area contributed by atoms with Gasteiger partial charge in [0.1, 0.15) is 5.82 Å². The van der Waals surface area contributed by atoms with Crippen molar-refractivity contribution in [2.24, 2.45) is 0 Å². The van der Waals surface area contributed by atoms with Gasteiger partial charge in [-0.3, -0.25) is 14.6 Å². The molecule has 2 aromatic carbocycles. The molecule has 0 spiro atoms. The minimum Gasteiger partial charge on any atom is -0.352 e. The number of rotatable bonds is 8. The molecule has 30 heavy (non-hydrogen) atoms. The minimum atomic E-state index is -3.81. The van der Waals surface area contributed by atoms with Gasteiger partial charge in [0.15, 0.2) is 4.77 Å². The van der Waals surface area contributed by atoms with Crippen molar-refractivity contribution in [1.82, 2.24) is 20.1 Å². The Morgan fingerprint density at radius 1 is 1.20 bits per heavy atom. The molecule has 0 radical (unpaired) electrons. The van der Waals surface area contributed by atoms with Gasteiger partial charge in [-0.1, -0.05) is 18.2 Å². The van der Waals surface area contributed by atoms with E-state index < -0.39 is 10.0 Å². The summed E-state index contributed by atoms with van der Waals surface area (Å²) >= 11 is 5.15. The third-order valence-corrected chi connectivity index (χ3v) is 6.16. The van der Waals surface area contributed by atoms with E-state index in [1.54, 1.807) is 30.3 Å². The largest absolute Gasteiger partial charge is 0.352 e. The van der Waals surface area contributed by atoms with Crippen molar-refractivity contribution in [2.45, 2.75) is 31.7 Å². The first kappa shape index (κ1) is 21.7. The summed E-state index contributed by atoms with van der Waals surface area (Å²) in [6.45, 7) is 4.87. The second-order valence-electron chi connectivity index (χ2n) is 6.70. The lowest BCUT2D eigenvalue weighted by molar-refractivity contribution is 0.0953. The lowest BCUT2D eigenvalue weighted by Crippen LogP contribution is -2.26. The normalized spacial score (nSPS) is 11.3. The van der Waals surface area contributed by atoms with Gasteiger partial charge in [-0.2, -0.15) is 5.10 Å². The number of carbonyl (C=O) groups is 1. The first-order valence-corrected chi connectivity index (χ1v) is 11.3. The van der Waals surface area contributed by atoms with Crippen molar-refractivity contribution in [3.8, 4) is 0 Å². The summed E-state index contributed by atoms with van der Waals surface area (Å²) in [6.07, 6.45) is 0.500. The molecule has 0 saturated carbocycles. The van der Waals surface area contributed by atoms with Crippen LogP contribution >= 0.6 is 12.2 Å². The number of aromatic nitrogens is 3. The van der Waals surface area contributed by atoms with E-state index in [0.717, 1.165) is 11.4 Å². The number of anilines is 1. The molecule has 0 aliphatic carbocycles. The van der Waals surface area contributed by atoms with Crippen molar-refractivity contribution in [1.29, 1.82) is 0 Å². The van der Waals surface area contributed by atoms with Crippen LogP contribution in [0.15, 0.2) is 53.4 Å². The van der Waals surface area contributed by atoms with Crippen LogP contribution in [0, 0.1) is 11.7 Å². The Morgan fingerprint density at radius 2 is 1.97 bits per heavy atom. The van der Waals surface area contributed by atoms with Gasteiger partial charge in [-0.05, 0) is 62.0 Å². The van der Waals surface area contributed by atoms with E-state index >= 15 is 0 Å². The maximum Gasteiger partial charge on any atom is 0.261 e. The molecule has 158 valence electrons. The molecule has 10 heteroatoms. The molecule has 3 N–H and O–H groups in total. The predicted octanol–water partition coefficient (Wildman–Crippen LogP) is 3.04. The van der Waals surface area contributed by atoms with E-state index in [2.05, 4.69) is 20.2 Å². The topological polar surface area (TPSA) is 109 Å². The zero-order valence-electron chi connectivity index (χ0n) is 16.7. The average molecular weight is 446 g/mol. The van der Waals surface area contributed by atoms with Crippen LogP contribution in [0.2, 0.25) is 0 Å². The first-order chi connectivity index (χ1) is 14.3. The molecule has 1 amide bonds. The first-order valence-electron chi connectivity index (χ1n) is 9.42. The van der Waals surface area contributed by atoms with Gasteiger partial charge in [0.25, 0.3) is 15.9 Å². The number of H-pyrrole nitrogens is 1. The van der Waals surface area contributed by atoms with Gasteiger partial charge in [-0.25, -0.2) is 8.42 Å². The fourth-order valence-corrected chi connectivity index (χ4v) is 4.36. The molecule has 1 aromatic heterocycles. The molecule has 0 aliphatic rings. The lowest BCUT2D eigenvalue weighted by Gasteiger charge is -2.10. The van der Waals surface area contributed by atoms with Gasteiger partial charge < -0.3 is 9.88 Å². The summed E-state index contributed by atoms with van der Waals surface area (Å²) in [5.74, 6) is 0.390. The number of sulfonamides is 1. The second-order valence-corrected chi connectivity index (χ2v) is 8.77. The number of aryl methyl sites for hydroxylation is 1. The number of aromatic amines is 1. The smallest absolute Gasteiger partial charge is 0.261 e. The minimum absolute atomic E-state index is 0.0172. The van der Waals surface area contributed by atoms with E-state index in [9.17, 15) is 13.2 Å². The summed E-state index contributed by atoms with van der Waals surface area (Å²) in [5, 5.41) is 9.68. The molecule has 0 aliphatic heterocycles. The number of hydrogen-bond donors (Lipinski definition) is 3. The predicted molar refractivity (Wildman–Crippen MR) is 118 cm³/mol. The van der Waals surface area contributed by atoms with Crippen molar-refractivity contribution in [3.05, 3.63) is 70.3 Å². The number of nitrogens with one attached hydrogen (secondary N) is 3. The van der Waals surface area contributed by atoms with Crippen LogP contribution in [0.5, 0.6) is 0 Å². The number of hydrogen-bond acceptors (Lipinski definition) is 5. The molecular formula is C20H23N5O3S2. The Bertz CT molecular complexity index is 1210. The third-order valence-electron chi connectivity index (χ3n) is 4.46. The highest BCUT2D eigenvalue weighted by Crippen LogP contribution is 2.18. The maximum absolute atomic E-state index is 12.7. The van der Waals surface area contributed by atoms with E-state index in [4.69, 9.17) is 12.2 Å². The van der Waals surface area contributed by atoms with Crippen LogP contribution in [-0.2, 0) is 23.0 Å². The highest BCUT2D eigenvalue weighted by molar-refractivity contribution is 7.92. The monoisotopic (exact) mass is 445 g/mol. The quantitative estimate of drug-likeness (QED) is 0.462. The Balaban J connectivity index is 1.68. The van der Waals surface area contributed by atoms with Gasteiger partial charge >= 0.3 is 0 Å². The number of nitrogens with zero attached hydrogens (tertiary/aromatic N) is 2. The molecule has 0 unspecified atom stereocenters. The van der Waals surface area contributed by atoms with Gasteiger partial charge in [0.2, 0.25) is 0 Å². The molecule has 3 rings (SSSR count). The van der Waals surface area contributed by atoms with Gasteiger partial charge in [0, 0.05) is 30.8 Å². The highest BCUT2D eigenvalue weighted by Gasteiger charge is 2.17. The zero-order valence-corrected chi connectivity index (χ0v) is 18.3. The lowest BCUT2D eigenvalue weighted by atomic mass is 10.2. The summed E-state index contributed by atoms with van der Waals surface area (Å²) in [7, 11) is -3.81. The second kappa shape index (κ2) is 9.23. The van der Waals surface area contributed by atoms with Crippen molar-refractivity contribution in [2.75, 3.05) is 11.3 Å². The standard InChI is InChI=1S/C20H23N5O3S2/c1-3-25-18(22-23-20(25)29)10-11-21-19(26)15-7-5-9-17(13-15)30(27,28)24-16-8-4-6-14(2)12-16/h4-9,12-13,24H,3,10-11H2,1-2H3,(H,21,26)(H,23,29). The van der Waals surface area contributed by atoms with Crippen LogP contribution in [-0.4, -0.2) is 35.6 Å². The van der Waals surface area contributed by atoms with Crippen LogP contribution < -0.4 is 10.0 Å². The fraction of sp³-hybridized carbons (Fsp3) is 0.250. The van der Waals surface area contributed by atoms with Gasteiger partial charge in [-0.15, -0.1) is 0 Å². The fourth-order valence-electron chi connectivity index (χ4n) is 2.98. The molecule has 0 bridgehead atoms. The maximum atomic E-state index is 12.7. The van der Waals surface area contributed by atoms with E-state index in [0.29, 0.717) is 30.0 Å². The van der Waals surface area contributed by atoms with Crippen LogP contribution in [0.3, 0.4) is 0 Å². The zero-order chi connectivity index (χ0) is 21.7. The van der Waals surface area contributed by atoms with Crippen LogP contribution in [0.25, 0.3) is 0 Å². The Labute approximate surface area is 180 Å². The molecule has 1 heterocycles. The molecule has 8 nitrogen and oxygen atoms in total. The average Bonchev–Trinajstić information content (AvgIpc) is 3.07. The van der Waals surface area contributed by atoms with Crippen molar-refractivity contribution in [3.63, 3.8) is 0 Å². The SMILES string of the molecule is CCn1c(CCNC(=O)c2cccc(S(=O)(=O)Nc3cccc(C)c3)c2)n[nH]c1=S. The molecule has 0 fully saturated rings. The number of amides is 1. The summed E-state index contributed by atoms with van der Waals surface area (Å²) < 4.78 is 30.3. The Morgan fingerprint density at radius 3 is 2.70 bits per heavy atom. The van der Waals surface area contributed by atoms with Gasteiger partial charge in [0.05, 0.1) is 4.90 Å². The van der Waals surface area contributed by atoms with Crippen molar-refractivity contribution >= 4 is 33.8 Å². The van der Waals surface area contributed by atoms with Crippen LogP contribution in [0.4, 0.5) is 5.69 Å². The van der Waals surface area contributed by atoms with Crippen molar-refractivity contribution < 1.29 is 13.2 Å². The number of carbonyl (C=O) groups excluding carboxylic acids is 1. The number of benzene rings is 2.